The van der Waals surface area contributed by atoms with Gasteiger partial charge in [0.25, 0.3) is 0 Å². The standard InChI is InChI=1S/C13H18N2O/c1-8(2)12-14-10-6-5-9(13(3,4)16)7-11(10)15-12/h5-8,16H,1-4H3,(H,14,15). The fourth-order valence-electron chi connectivity index (χ4n) is 1.68. The number of aromatic amines is 1. The normalized spacial score (nSPS) is 12.6. The lowest BCUT2D eigenvalue weighted by atomic mass is 9.98. The first-order valence-electron chi connectivity index (χ1n) is 5.60. The highest BCUT2D eigenvalue weighted by Gasteiger charge is 2.17. The van der Waals surface area contributed by atoms with Crippen LogP contribution in [0.2, 0.25) is 0 Å². The molecule has 2 rings (SSSR count). The van der Waals surface area contributed by atoms with Gasteiger partial charge in [-0.25, -0.2) is 4.98 Å². The zero-order valence-electron chi connectivity index (χ0n) is 10.2. The van der Waals surface area contributed by atoms with Crippen LogP contribution in [-0.4, -0.2) is 15.1 Å². The number of hydrogen-bond donors (Lipinski definition) is 2. The van der Waals surface area contributed by atoms with Gasteiger partial charge in [0.05, 0.1) is 16.6 Å². The molecule has 0 unspecified atom stereocenters. The van der Waals surface area contributed by atoms with Crippen molar-refractivity contribution in [3.8, 4) is 0 Å². The van der Waals surface area contributed by atoms with Crippen LogP contribution < -0.4 is 0 Å². The second-order valence-electron chi connectivity index (χ2n) is 5.07. The molecular formula is C13H18N2O. The minimum atomic E-state index is -0.808. The fraction of sp³-hybridized carbons (Fsp3) is 0.462. The minimum Gasteiger partial charge on any atom is -0.386 e. The number of hydrogen-bond acceptors (Lipinski definition) is 2. The molecule has 0 spiro atoms. The summed E-state index contributed by atoms with van der Waals surface area (Å²) in [7, 11) is 0. The van der Waals surface area contributed by atoms with Crippen LogP contribution in [0.1, 0.15) is 45.0 Å². The summed E-state index contributed by atoms with van der Waals surface area (Å²) in [6, 6.07) is 5.84. The number of aliphatic hydroxyl groups is 1. The highest BCUT2D eigenvalue weighted by molar-refractivity contribution is 5.76. The Kier molecular flexibility index (Phi) is 2.50. The first-order chi connectivity index (χ1) is 7.38. The van der Waals surface area contributed by atoms with Crippen molar-refractivity contribution in [2.75, 3.05) is 0 Å². The van der Waals surface area contributed by atoms with E-state index in [0.717, 1.165) is 22.4 Å². The molecule has 0 saturated carbocycles. The summed E-state index contributed by atoms with van der Waals surface area (Å²) in [5, 5.41) is 9.93. The number of fused-ring (bicyclic) bond motifs is 1. The van der Waals surface area contributed by atoms with Crippen molar-refractivity contribution in [1.29, 1.82) is 0 Å². The van der Waals surface area contributed by atoms with Gasteiger partial charge in [-0.1, -0.05) is 19.9 Å². The molecule has 0 aliphatic carbocycles. The molecule has 0 aliphatic heterocycles. The molecule has 1 heterocycles. The van der Waals surface area contributed by atoms with E-state index in [0.29, 0.717) is 5.92 Å². The zero-order valence-corrected chi connectivity index (χ0v) is 10.2. The maximum Gasteiger partial charge on any atom is 0.109 e. The Bertz CT molecular complexity index is 506. The number of rotatable bonds is 2. The largest absolute Gasteiger partial charge is 0.386 e. The van der Waals surface area contributed by atoms with E-state index in [2.05, 4.69) is 23.8 Å². The maximum atomic E-state index is 9.93. The summed E-state index contributed by atoms with van der Waals surface area (Å²) in [6.07, 6.45) is 0. The summed E-state index contributed by atoms with van der Waals surface area (Å²) in [5.74, 6) is 1.38. The first kappa shape index (κ1) is 11.1. The number of aromatic nitrogens is 2. The van der Waals surface area contributed by atoms with Crippen molar-refractivity contribution in [2.24, 2.45) is 0 Å². The Labute approximate surface area is 95.5 Å². The van der Waals surface area contributed by atoms with Crippen LogP contribution in [0, 0.1) is 0 Å². The predicted octanol–water partition coefficient (Wildman–Crippen LogP) is 2.91. The Balaban J connectivity index is 2.54. The van der Waals surface area contributed by atoms with Crippen molar-refractivity contribution < 1.29 is 5.11 Å². The lowest BCUT2D eigenvalue weighted by Crippen LogP contribution is -2.14. The minimum absolute atomic E-state index is 0.387. The Morgan fingerprint density at radius 2 is 2.00 bits per heavy atom. The number of benzene rings is 1. The topological polar surface area (TPSA) is 48.9 Å². The second-order valence-corrected chi connectivity index (χ2v) is 5.07. The summed E-state index contributed by atoms with van der Waals surface area (Å²) in [6.45, 7) is 7.78. The van der Waals surface area contributed by atoms with Gasteiger partial charge >= 0.3 is 0 Å². The van der Waals surface area contributed by atoms with E-state index in [1.807, 2.05) is 18.2 Å². The molecule has 3 heteroatoms. The van der Waals surface area contributed by atoms with E-state index in [4.69, 9.17) is 0 Å². The lowest BCUT2D eigenvalue weighted by Gasteiger charge is -2.17. The van der Waals surface area contributed by atoms with Crippen LogP contribution in [0.5, 0.6) is 0 Å². The van der Waals surface area contributed by atoms with Gasteiger partial charge < -0.3 is 10.1 Å². The van der Waals surface area contributed by atoms with E-state index < -0.39 is 5.60 Å². The fourth-order valence-corrected chi connectivity index (χ4v) is 1.68. The Morgan fingerprint density at radius 3 is 2.56 bits per heavy atom. The summed E-state index contributed by atoms with van der Waals surface area (Å²) in [5.41, 5.74) is 2.04. The van der Waals surface area contributed by atoms with E-state index in [-0.39, 0.29) is 0 Å². The van der Waals surface area contributed by atoms with E-state index >= 15 is 0 Å². The van der Waals surface area contributed by atoms with Gasteiger partial charge in [-0.05, 0) is 31.5 Å². The van der Waals surface area contributed by atoms with Crippen LogP contribution in [0.4, 0.5) is 0 Å². The molecule has 0 bridgehead atoms. The molecular weight excluding hydrogens is 200 g/mol. The van der Waals surface area contributed by atoms with E-state index in [1.165, 1.54) is 0 Å². The van der Waals surface area contributed by atoms with Crippen LogP contribution >= 0.6 is 0 Å². The molecule has 86 valence electrons. The van der Waals surface area contributed by atoms with Crippen LogP contribution in [0.3, 0.4) is 0 Å². The van der Waals surface area contributed by atoms with Gasteiger partial charge in [0.2, 0.25) is 0 Å². The van der Waals surface area contributed by atoms with Crippen LogP contribution in [-0.2, 0) is 5.60 Å². The highest BCUT2D eigenvalue weighted by Crippen LogP contribution is 2.24. The first-order valence-corrected chi connectivity index (χ1v) is 5.60. The van der Waals surface area contributed by atoms with E-state index in [1.54, 1.807) is 13.8 Å². The maximum absolute atomic E-state index is 9.93. The molecule has 0 amide bonds. The smallest absolute Gasteiger partial charge is 0.109 e. The third-order valence-electron chi connectivity index (χ3n) is 2.75. The number of imidazole rings is 1. The molecule has 16 heavy (non-hydrogen) atoms. The third-order valence-corrected chi connectivity index (χ3v) is 2.75. The predicted molar refractivity (Wildman–Crippen MR) is 65.4 cm³/mol. The quantitative estimate of drug-likeness (QED) is 0.814. The molecule has 3 nitrogen and oxygen atoms in total. The molecule has 0 radical (unpaired) electrons. The zero-order chi connectivity index (χ0) is 11.9. The highest BCUT2D eigenvalue weighted by atomic mass is 16.3. The molecule has 0 aliphatic rings. The van der Waals surface area contributed by atoms with Crippen LogP contribution in [0.15, 0.2) is 18.2 Å². The van der Waals surface area contributed by atoms with Crippen molar-refractivity contribution >= 4 is 11.0 Å². The summed E-state index contributed by atoms with van der Waals surface area (Å²) < 4.78 is 0. The average Bonchev–Trinajstić information content (AvgIpc) is 2.58. The van der Waals surface area contributed by atoms with Crippen molar-refractivity contribution in [2.45, 2.75) is 39.2 Å². The van der Waals surface area contributed by atoms with Crippen molar-refractivity contribution in [3.63, 3.8) is 0 Å². The van der Waals surface area contributed by atoms with Crippen molar-refractivity contribution in [1.82, 2.24) is 9.97 Å². The van der Waals surface area contributed by atoms with Crippen LogP contribution in [0.25, 0.3) is 11.0 Å². The molecule has 1 aromatic carbocycles. The third kappa shape index (κ3) is 1.95. The molecule has 1 aromatic heterocycles. The number of nitrogens with zero attached hydrogens (tertiary/aromatic N) is 1. The monoisotopic (exact) mass is 218 g/mol. The van der Waals surface area contributed by atoms with Crippen molar-refractivity contribution in [3.05, 3.63) is 29.6 Å². The summed E-state index contributed by atoms with van der Waals surface area (Å²) in [4.78, 5) is 7.78. The molecule has 2 aromatic rings. The van der Waals surface area contributed by atoms with Gasteiger partial charge in [0.1, 0.15) is 5.82 Å². The van der Waals surface area contributed by atoms with Gasteiger partial charge in [-0.2, -0.15) is 0 Å². The second kappa shape index (κ2) is 3.59. The average molecular weight is 218 g/mol. The van der Waals surface area contributed by atoms with Gasteiger partial charge in [0.15, 0.2) is 0 Å². The number of H-pyrrole nitrogens is 1. The summed E-state index contributed by atoms with van der Waals surface area (Å²) >= 11 is 0. The SMILES string of the molecule is CC(C)c1nc2ccc(C(C)(C)O)cc2[nH]1. The Morgan fingerprint density at radius 1 is 1.31 bits per heavy atom. The lowest BCUT2D eigenvalue weighted by molar-refractivity contribution is 0.0787. The molecule has 0 saturated heterocycles. The van der Waals surface area contributed by atoms with E-state index in [9.17, 15) is 5.11 Å². The van der Waals surface area contributed by atoms with Gasteiger partial charge in [-0.15, -0.1) is 0 Å². The number of nitrogens with one attached hydrogen (secondary N) is 1. The van der Waals surface area contributed by atoms with Gasteiger partial charge in [0, 0.05) is 5.92 Å². The molecule has 2 N–H and O–H groups in total. The van der Waals surface area contributed by atoms with Gasteiger partial charge in [-0.3, -0.25) is 0 Å². The Hall–Kier alpha value is -1.35. The molecule has 0 atom stereocenters. The molecule has 0 fully saturated rings.